The fourth-order valence-electron chi connectivity index (χ4n) is 6.65. The van der Waals surface area contributed by atoms with Crippen LogP contribution in [0.1, 0.15) is 50.4 Å². The number of aliphatic hydroxyl groups is 1. The van der Waals surface area contributed by atoms with Crippen molar-refractivity contribution in [3.63, 3.8) is 0 Å². The van der Waals surface area contributed by atoms with Crippen molar-refractivity contribution in [2.75, 3.05) is 37.6 Å². The molecule has 178 valence electrons. The van der Waals surface area contributed by atoms with Gasteiger partial charge < -0.3 is 14.7 Å². The fourth-order valence-corrected chi connectivity index (χ4v) is 6.65. The Balaban J connectivity index is 1.25. The largest absolute Gasteiger partial charge is 0.461 e. The fraction of sp³-hybridized carbons (Fsp3) is 0.630. The van der Waals surface area contributed by atoms with Crippen LogP contribution in [0, 0.1) is 23.2 Å². The van der Waals surface area contributed by atoms with E-state index in [1.165, 1.54) is 5.57 Å². The lowest BCUT2D eigenvalue weighted by molar-refractivity contribution is -0.145. The number of esters is 1. The molecule has 5 rings (SSSR count). The molecule has 3 fully saturated rings. The summed E-state index contributed by atoms with van der Waals surface area (Å²) >= 11 is 0. The highest BCUT2D eigenvalue weighted by Crippen LogP contribution is 2.56. The Hall–Kier alpha value is -2.18. The number of benzene rings is 1. The van der Waals surface area contributed by atoms with Crippen LogP contribution in [0.2, 0.25) is 0 Å². The number of rotatable bonds is 4. The monoisotopic (exact) mass is 452 g/mol. The molecule has 33 heavy (non-hydrogen) atoms. The number of fused-ring (bicyclic) bond motifs is 2. The molecule has 0 amide bonds. The van der Waals surface area contributed by atoms with Gasteiger partial charge in [-0.05, 0) is 49.9 Å². The number of anilines is 1. The van der Waals surface area contributed by atoms with E-state index in [1.807, 2.05) is 24.3 Å². The van der Waals surface area contributed by atoms with Gasteiger partial charge in [-0.1, -0.05) is 25.5 Å². The number of hydrogen-bond acceptors (Lipinski definition) is 6. The van der Waals surface area contributed by atoms with Crippen LogP contribution in [0.25, 0.3) is 0 Å². The molecule has 1 aromatic carbocycles. The Morgan fingerprint density at radius 3 is 2.55 bits per heavy atom. The van der Waals surface area contributed by atoms with Gasteiger partial charge in [0, 0.05) is 61.7 Å². The molecule has 0 aromatic heterocycles. The van der Waals surface area contributed by atoms with E-state index < -0.39 is 6.10 Å². The van der Waals surface area contributed by atoms with Crippen molar-refractivity contribution >= 4 is 17.4 Å². The van der Waals surface area contributed by atoms with Gasteiger partial charge >= 0.3 is 5.97 Å². The van der Waals surface area contributed by atoms with Crippen LogP contribution >= 0.6 is 0 Å². The number of ketones is 1. The molecule has 2 aliphatic carbocycles. The van der Waals surface area contributed by atoms with Crippen LogP contribution in [-0.4, -0.2) is 66.7 Å². The number of piperazine rings is 1. The maximum atomic E-state index is 12.9. The zero-order valence-electron chi connectivity index (χ0n) is 20.0. The third kappa shape index (κ3) is 3.81. The smallest absolute Gasteiger partial charge is 0.311 e. The average Bonchev–Trinajstić information content (AvgIpc) is 3.11. The zero-order chi connectivity index (χ0) is 23.3. The molecular formula is C27H36N2O4. The first-order valence-electron chi connectivity index (χ1n) is 12.5. The van der Waals surface area contributed by atoms with E-state index in [0.29, 0.717) is 12.5 Å². The van der Waals surface area contributed by atoms with E-state index in [1.54, 1.807) is 6.92 Å². The molecule has 1 saturated carbocycles. The number of carbonyl (C=O) groups is 2. The van der Waals surface area contributed by atoms with Gasteiger partial charge in [0.05, 0.1) is 12.0 Å². The molecule has 0 spiro atoms. The highest BCUT2D eigenvalue weighted by Gasteiger charge is 2.59. The van der Waals surface area contributed by atoms with Gasteiger partial charge in [-0.15, -0.1) is 0 Å². The molecule has 4 aliphatic rings. The van der Waals surface area contributed by atoms with Crippen LogP contribution in [0.4, 0.5) is 5.69 Å². The van der Waals surface area contributed by atoms with Crippen LogP contribution in [0.3, 0.4) is 0 Å². The Kier molecular flexibility index (Phi) is 5.86. The number of allylic oxidation sites excluding steroid dienone is 1. The van der Waals surface area contributed by atoms with E-state index in [0.717, 1.165) is 56.7 Å². The summed E-state index contributed by atoms with van der Waals surface area (Å²) in [7, 11) is 0. The third-order valence-electron chi connectivity index (χ3n) is 9.04. The van der Waals surface area contributed by atoms with Crippen molar-refractivity contribution < 1.29 is 19.4 Å². The van der Waals surface area contributed by atoms with Crippen LogP contribution in [0.5, 0.6) is 0 Å². The van der Waals surface area contributed by atoms with Gasteiger partial charge in [-0.3, -0.25) is 14.5 Å². The molecule has 2 saturated heterocycles. The molecule has 6 atom stereocenters. The summed E-state index contributed by atoms with van der Waals surface area (Å²) in [6, 6.07) is 7.80. The normalized spacial score (nSPS) is 36.6. The van der Waals surface area contributed by atoms with Crippen LogP contribution < -0.4 is 4.90 Å². The number of nitrogens with zero attached hydrogens (tertiary/aromatic N) is 2. The molecule has 6 heteroatoms. The van der Waals surface area contributed by atoms with Crippen molar-refractivity contribution in [3.8, 4) is 0 Å². The van der Waals surface area contributed by atoms with E-state index in [9.17, 15) is 14.7 Å². The van der Waals surface area contributed by atoms with Gasteiger partial charge in [0.2, 0.25) is 0 Å². The maximum Gasteiger partial charge on any atom is 0.311 e. The minimum absolute atomic E-state index is 0.0807. The van der Waals surface area contributed by atoms with Crippen molar-refractivity contribution in [2.24, 2.45) is 23.2 Å². The molecule has 0 bridgehead atoms. The molecular weight excluding hydrogens is 416 g/mol. The number of carbonyl (C=O) groups excluding carboxylic acids is 2. The van der Waals surface area contributed by atoms with Crippen molar-refractivity contribution in [3.05, 3.63) is 41.5 Å². The van der Waals surface area contributed by atoms with E-state index >= 15 is 0 Å². The second-order valence-electron chi connectivity index (χ2n) is 10.7. The third-order valence-corrected chi connectivity index (χ3v) is 9.04. The molecule has 1 N–H and O–H groups in total. The Morgan fingerprint density at radius 1 is 1.18 bits per heavy atom. The lowest BCUT2D eigenvalue weighted by atomic mass is 9.55. The Labute approximate surface area is 196 Å². The Morgan fingerprint density at radius 2 is 1.88 bits per heavy atom. The first-order chi connectivity index (χ1) is 15.8. The lowest BCUT2D eigenvalue weighted by Gasteiger charge is -2.52. The number of Topliss-reactive ketones (excluding diaryl/α,β-unsaturated/α-hetero) is 1. The summed E-state index contributed by atoms with van der Waals surface area (Å²) in [6.07, 6.45) is 4.45. The second kappa shape index (κ2) is 8.55. The predicted octanol–water partition coefficient (Wildman–Crippen LogP) is 3.30. The lowest BCUT2D eigenvalue weighted by Crippen LogP contribution is -2.55. The SMILES string of the molecule is CC(=O)c1ccc(N2CCN(C[C@@H]3C(=O)O[C@@H]4CC5=CCC[C@@H](C)[C@@]5(C)[C@@H](O)[C@H]34)CC2)cc1. The topological polar surface area (TPSA) is 70.1 Å². The van der Waals surface area contributed by atoms with Crippen molar-refractivity contribution in [1.82, 2.24) is 4.90 Å². The first kappa shape index (κ1) is 22.6. The van der Waals surface area contributed by atoms with Gasteiger partial charge in [-0.2, -0.15) is 0 Å². The predicted molar refractivity (Wildman–Crippen MR) is 127 cm³/mol. The van der Waals surface area contributed by atoms with Gasteiger partial charge in [0.25, 0.3) is 0 Å². The number of aliphatic hydroxyl groups excluding tert-OH is 1. The molecule has 2 heterocycles. The average molecular weight is 453 g/mol. The van der Waals surface area contributed by atoms with Crippen LogP contribution in [0.15, 0.2) is 35.9 Å². The molecule has 2 aliphatic heterocycles. The summed E-state index contributed by atoms with van der Waals surface area (Å²) in [4.78, 5) is 29.1. The first-order valence-corrected chi connectivity index (χ1v) is 12.5. The number of hydrogen-bond donors (Lipinski definition) is 1. The molecule has 0 unspecified atom stereocenters. The Bertz CT molecular complexity index is 949. The summed E-state index contributed by atoms with van der Waals surface area (Å²) in [6.45, 7) is 10.2. The van der Waals surface area contributed by atoms with Crippen molar-refractivity contribution in [2.45, 2.75) is 52.2 Å². The molecule has 0 radical (unpaired) electrons. The van der Waals surface area contributed by atoms with E-state index in [2.05, 4.69) is 29.7 Å². The highest BCUT2D eigenvalue weighted by molar-refractivity contribution is 5.94. The molecule has 1 aromatic rings. The zero-order valence-corrected chi connectivity index (χ0v) is 20.0. The van der Waals surface area contributed by atoms with Crippen molar-refractivity contribution in [1.29, 1.82) is 0 Å². The minimum atomic E-state index is -0.546. The highest BCUT2D eigenvalue weighted by atomic mass is 16.6. The second-order valence-corrected chi connectivity index (χ2v) is 10.7. The quantitative estimate of drug-likeness (QED) is 0.430. The standard InChI is InChI=1S/C27H36N2O4/c1-17-5-4-6-20-15-23-24(25(31)27(17,20)3)22(26(32)33-23)16-28-11-13-29(14-12-28)21-9-7-19(8-10-21)18(2)30/h6-10,17,22-25,31H,4-5,11-16H2,1-3H3/t17-,22+,23-,24-,25+,27-/m1/s1. The summed E-state index contributed by atoms with van der Waals surface area (Å²) in [5.41, 5.74) is 2.89. The maximum absolute atomic E-state index is 12.9. The minimum Gasteiger partial charge on any atom is -0.461 e. The van der Waals surface area contributed by atoms with E-state index in [4.69, 9.17) is 4.74 Å². The summed E-state index contributed by atoms with van der Waals surface area (Å²) in [5, 5.41) is 11.6. The number of ether oxygens (including phenoxy) is 1. The summed E-state index contributed by atoms with van der Waals surface area (Å²) in [5.74, 6) is -0.0436. The van der Waals surface area contributed by atoms with Gasteiger partial charge in [0.15, 0.2) is 5.78 Å². The van der Waals surface area contributed by atoms with E-state index in [-0.39, 0.29) is 35.1 Å². The molecule has 6 nitrogen and oxygen atoms in total. The van der Waals surface area contributed by atoms with Gasteiger partial charge in [-0.25, -0.2) is 0 Å². The van der Waals surface area contributed by atoms with Crippen LogP contribution in [-0.2, 0) is 9.53 Å². The summed E-state index contributed by atoms with van der Waals surface area (Å²) < 4.78 is 5.84. The van der Waals surface area contributed by atoms with Gasteiger partial charge in [0.1, 0.15) is 6.10 Å².